The molecule has 26 heavy (non-hydrogen) atoms. The van der Waals surface area contributed by atoms with Gasteiger partial charge in [-0.25, -0.2) is 0 Å². The highest BCUT2D eigenvalue weighted by atomic mass is 32.2. The molecule has 0 aliphatic heterocycles. The van der Waals surface area contributed by atoms with Crippen LogP contribution >= 0.6 is 11.8 Å². The third kappa shape index (κ3) is 3.64. The Morgan fingerprint density at radius 3 is 2.12 bits per heavy atom. The Kier molecular flexibility index (Phi) is 6.43. The summed E-state index contributed by atoms with van der Waals surface area (Å²) in [6.07, 6.45) is 0.447. The molecule has 0 heterocycles. The molecule has 1 aromatic carbocycles. The lowest BCUT2D eigenvalue weighted by Crippen LogP contribution is -2.47. The Hall–Kier alpha value is -1.49. The van der Waals surface area contributed by atoms with E-state index in [9.17, 15) is 9.59 Å². The Morgan fingerprint density at radius 1 is 1.12 bits per heavy atom. The topological polar surface area (TPSA) is 52.6 Å². The first-order chi connectivity index (χ1) is 12.2. The Balaban J connectivity index is 2.43. The number of esters is 2. The summed E-state index contributed by atoms with van der Waals surface area (Å²) in [5, 5.41) is 0. The third-order valence-corrected chi connectivity index (χ3v) is 6.86. The number of ether oxygens (including phenoxy) is 2. The molecule has 0 unspecified atom stereocenters. The van der Waals surface area contributed by atoms with E-state index in [0.717, 1.165) is 5.75 Å². The van der Waals surface area contributed by atoms with Gasteiger partial charge in [-0.15, -0.1) is 11.8 Å². The fraction of sp³-hybridized carbons (Fsp3) is 0.619. The van der Waals surface area contributed by atoms with E-state index in [1.54, 1.807) is 11.8 Å². The number of thioether (sulfide) groups is 1. The van der Waals surface area contributed by atoms with Gasteiger partial charge in [0.05, 0.1) is 14.2 Å². The molecular formula is C21H30O4S. The average molecular weight is 379 g/mol. The Bertz CT molecular complexity index is 623. The molecule has 0 radical (unpaired) electrons. The van der Waals surface area contributed by atoms with Crippen LogP contribution in [0.1, 0.15) is 34.1 Å². The molecule has 1 fully saturated rings. The third-order valence-electron chi connectivity index (χ3n) is 5.73. The van der Waals surface area contributed by atoms with Crippen LogP contribution in [0.5, 0.6) is 0 Å². The van der Waals surface area contributed by atoms with Gasteiger partial charge in [0.1, 0.15) is 0 Å². The maximum atomic E-state index is 12.8. The van der Waals surface area contributed by atoms with Crippen molar-refractivity contribution in [3.05, 3.63) is 30.3 Å². The van der Waals surface area contributed by atoms with Crippen molar-refractivity contribution in [3.8, 4) is 0 Å². The zero-order valence-corrected chi connectivity index (χ0v) is 17.4. The number of carbonyl (C=O) groups is 2. The number of benzene rings is 1. The quantitative estimate of drug-likeness (QED) is 0.416. The molecule has 0 aromatic heterocycles. The Morgan fingerprint density at radius 2 is 1.65 bits per heavy atom. The zero-order chi connectivity index (χ0) is 19.5. The van der Waals surface area contributed by atoms with E-state index < -0.39 is 17.4 Å². The van der Waals surface area contributed by atoms with E-state index in [2.05, 4.69) is 39.8 Å². The normalized spacial score (nSPS) is 23.7. The molecule has 1 aliphatic carbocycles. The maximum Gasteiger partial charge on any atom is 0.323 e. The molecule has 2 rings (SSSR count). The van der Waals surface area contributed by atoms with Crippen molar-refractivity contribution >= 4 is 23.7 Å². The van der Waals surface area contributed by atoms with E-state index in [1.165, 1.54) is 19.1 Å². The van der Waals surface area contributed by atoms with Crippen molar-refractivity contribution in [2.75, 3.05) is 20.0 Å². The molecule has 0 N–H and O–H groups in total. The van der Waals surface area contributed by atoms with Gasteiger partial charge in [-0.3, -0.25) is 9.59 Å². The van der Waals surface area contributed by atoms with Crippen LogP contribution < -0.4 is 0 Å². The summed E-state index contributed by atoms with van der Waals surface area (Å²) in [6.45, 7) is 8.44. The predicted octanol–water partition coefficient (Wildman–Crippen LogP) is 4.43. The van der Waals surface area contributed by atoms with Crippen molar-refractivity contribution in [3.63, 3.8) is 0 Å². The van der Waals surface area contributed by atoms with Crippen LogP contribution in [0, 0.1) is 28.6 Å². The molecule has 1 aliphatic rings. The van der Waals surface area contributed by atoms with Crippen LogP contribution in [-0.2, 0) is 19.1 Å². The number of hydrogen-bond donors (Lipinski definition) is 0. The van der Waals surface area contributed by atoms with Crippen molar-refractivity contribution < 1.29 is 19.1 Å². The van der Waals surface area contributed by atoms with Gasteiger partial charge in [0, 0.05) is 10.6 Å². The highest BCUT2D eigenvalue weighted by Gasteiger charge is 2.66. The lowest BCUT2D eigenvalue weighted by atomic mass is 9.69. The molecule has 0 saturated heterocycles. The van der Waals surface area contributed by atoms with E-state index in [-0.39, 0.29) is 23.2 Å². The molecule has 5 heteroatoms. The summed E-state index contributed by atoms with van der Waals surface area (Å²) in [4.78, 5) is 26.9. The second kappa shape index (κ2) is 8.03. The van der Waals surface area contributed by atoms with E-state index in [1.807, 2.05) is 18.2 Å². The monoisotopic (exact) mass is 378 g/mol. The van der Waals surface area contributed by atoms with Gasteiger partial charge in [0.25, 0.3) is 0 Å². The first-order valence-electron chi connectivity index (χ1n) is 9.05. The largest absolute Gasteiger partial charge is 0.468 e. The molecule has 0 bridgehead atoms. The van der Waals surface area contributed by atoms with Gasteiger partial charge in [-0.2, -0.15) is 0 Å². The van der Waals surface area contributed by atoms with Gasteiger partial charge in [-0.1, -0.05) is 45.9 Å². The molecule has 1 saturated carbocycles. The minimum atomic E-state index is -1.23. The van der Waals surface area contributed by atoms with Crippen molar-refractivity contribution in [1.82, 2.24) is 0 Å². The van der Waals surface area contributed by atoms with Crippen LogP contribution in [0.4, 0.5) is 0 Å². The van der Waals surface area contributed by atoms with E-state index >= 15 is 0 Å². The fourth-order valence-corrected chi connectivity index (χ4v) is 6.11. The predicted molar refractivity (Wildman–Crippen MR) is 104 cm³/mol. The second-order valence-corrected chi connectivity index (χ2v) is 9.21. The van der Waals surface area contributed by atoms with Crippen molar-refractivity contribution in [2.24, 2.45) is 28.6 Å². The minimum Gasteiger partial charge on any atom is -0.468 e. The number of methoxy groups -OCH3 is 2. The van der Waals surface area contributed by atoms with Gasteiger partial charge in [0.15, 0.2) is 5.41 Å². The smallest absolute Gasteiger partial charge is 0.323 e. The molecular weight excluding hydrogens is 348 g/mol. The van der Waals surface area contributed by atoms with Gasteiger partial charge >= 0.3 is 11.9 Å². The highest BCUT2D eigenvalue weighted by molar-refractivity contribution is 7.99. The minimum absolute atomic E-state index is 0.131. The van der Waals surface area contributed by atoms with Gasteiger partial charge < -0.3 is 9.47 Å². The summed E-state index contributed by atoms with van der Waals surface area (Å²) in [5.41, 5.74) is -1.41. The fourth-order valence-electron chi connectivity index (χ4n) is 4.73. The molecule has 1 aromatic rings. The summed E-state index contributed by atoms with van der Waals surface area (Å²) in [5.74, 6) is 0.109. The Labute approximate surface area is 161 Å². The first kappa shape index (κ1) is 20.8. The van der Waals surface area contributed by atoms with Crippen LogP contribution in [0.15, 0.2) is 35.2 Å². The second-order valence-electron chi connectivity index (χ2n) is 8.12. The first-order valence-corrected chi connectivity index (χ1v) is 10.0. The maximum absolute atomic E-state index is 12.8. The molecule has 0 spiro atoms. The van der Waals surface area contributed by atoms with E-state index in [0.29, 0.717) is 6.42 Å². The van der Waals surface area contributed by atoms with Crippen molar-refractivity contribution in [1.29, 1.82) is 0 Å². The van der Waals surface area contributed by atoms with Gasteiger partial charge in [0.2, 0.25) is 0 Å². The van der Waals surface area contributed by atoms with Crippen molar-refractivity contribution in [2.45, 2.75) is 39.0 Å². The lowest BCUT2D eigenvalue weighted by molar-refractivity contribution is -0.174. The lowest BCUT2D eigenvalue weighted by Gasteiger charge is -2.36. The molecule has 2 atom stereocenters. The van der Waals surface area contributed by atoms with Crippen LogP contribution in [0.25, 0.3) is 0 Å². The molecule has 4 nitrogen and oxygen atoms in total. The van der Waals surface area contributed by atoms with Crippen LogP contribution in [0.2, 0.25) is 0 Å². The summed E-state index contributed by atoms with van der Waals surface area (Å²) in [6, 6.07) is 10.2. The summed E-state index contributed by atoms with van der Waals surface area (Å²) < 4.78 is 10.2. The average Bonchev–Trinajstić information content (AvgIpc) is 2.87. The molecule has 144 valence electrons. The number of rotatable bonds is 6. The van der Waals surface area contributed by atoms with E-state index in [4.69, 9.17) is 9.47 Å². The number of carbonyl (C=O) groups excluding carboxylic acids is 2. The van der Waals surface area contributed by atoms with Gasteiger partial charge in [-0.05, 0) is 41.7 Å². The number of hydrogen-bond acceptors (Lipinski definition) is 5. The summed E-state index contributed by atoms with van der Waals surface area (Å²) in [7, 11) is 2.70. The zero-order valence-electron chi connectivity index (χ0n) is 16.6. The van der Waals surface area contributed by atoms with Crippen LogP contribution in [0.3, 0.4) is 0 Å². The van der Waals surface area contributed by atoms with Crippen LogP contribution in [-0.4, -0.2) is 31.9 Å². The SMILES string of the molecule is COC(=O)C1(C(=O)OC)CC(C)(C)[C@H](CSc2ccccc2)[C@H]1C(C)C. The highest BCUT2D eigenvalue weighted by Crippen LogP contribution is 2.61. The standard InChI is InChI=1S/C21H30O4S/c1-14(2)17-16(12-26-15-10-8-7-9-11-15)20(3,4)13-21(17,18(22)24-5)19(23)25-6/h7-11,14,16-17H,12-13H2,1-6H3/t16-,17-/m1/s1. The molecule has 0 amide bonds. The summed E-state index contributed by atoms with van der Waals surface area (Å²) >= 11 is 1.78.